The minimum Gasteiger partial charge on any atom is -0.383 e. The van der Waals surface area contributed by atoms with Gasteiger partial charge in [0, 0.05) is 31.2 Å². The van der Waals surface area contributed by atoms with Crippen LogP contribution in [0, 0.1) is 0 Å². The van der Waals surface area contributed by atoms with Gasteiger partial charge in [0.25, 0.3) is 0 Å². The number of rotatable bonds is 5. The van der Waals surface area contributed by atoms with E-state index in [-0.39, 0.29) is 0 Å². The molecule has 0 unspecified atom stereocenters. The Morgan fingerprint density at radius 2 is 1.84 bits per heavy atom. The largest absolute Gasteiger partial charge is 0.383 e. The van der Waals surface area contributed by atoms with Crippen molar-refractivity contribution in [3.8, 4) is 0 Å². The van der Waals surface area contributed by atoms with Crippen LogP contribution in [0.1, 0.15) is 0 Å². The van der Waals surface area contributed by atoms with E-state index in [1.807, 2.05) is 23.6 Å². The highest BCUT2D eigenvalue weighted by molar-refractivity contribution is 7.16. The molecule has 5 nitrogen and oxygen atoms in total. The average Bonchev–Trinajstić information content (AvgIpc) is 2.94. The molecule has 0 amide bonds. The second-order valence-corrected chi connectivity index (χ2v) is 4.85. The van der Waals surface area contributed by atoms with E-state index in [0.717, 1.165) is 34.8 Å². The highest BCUT2D eigenvalue weighted by Gasteiger charge is 2.03. The number of nitrogens with one attached hydrogen (secondary N) is 2. The first-order valence-corrected chi connectivity index (χ1v) is 6.87. The van der Waals surface area contributed by atoms with Crippen molar-refractivity contribution in [1.29, 1.82) is 0 Å². The van der Waals surface area contributed by atoms with Crippen LogP contribution in [0.15, 0.2) is 42.3 Å². The molecule has 0 radical (unpaired) electrons. The van der Waals surface area contributed by atoms with Gasteiger partial charge < -0.3 is 10.6 Å². The third-order valence-corrected chi connectivity index (χ3v) is 3.51. The molecule has 6 heteroatoms. The van der Waals surface area contributed by atoms with E-state index in [4.69, 9.17) is 0 Å². The number of hydrogen-bond acceptors (Lipinski definition) is 6. The van der Waals surface area contributed by atoms with Crippen molar-refractivity contribution >= 4 is 33.1 Å². The number of thiophene rings is 1. The van der Waals surface area contributed by atoms with Crippen molar-refractivity contribution in [1.82, 2.24) is 15.0 Å². The predicted molar refractivity (Wildman–Crippen MR) is 78.6 cm³/mol. The summed E-state index contributed by atoms with van der Waals surface area (Å²) in [5, 5.41) is 9.74. The van der Waals surface area contributed by atoms with Gasteiger partial charge in [0.05, 0.1) is 5.39 Å². The summed E-state index contributed by atoms with van der Waals surface area (Å²) < 4.78 is 0. The van der Waals surface area contributed by atoms with Gasteiger partial charge in [-0.3, -0.25) is 4.98 Å². The smallest absolute Gasteiger partial charge is 0.138 e. The lowest BCUT2D eigenvalue weighted by atomic mass is 10.3. The quantitative estimate of drug-likeness (QED) is 0.698. The Morgan fingerprint density at radius 1 is 1.00 bits per heavy atom. The van der Waals surface area contributed by atoms with E-state index in [1.165, 1.54) is 0 Å². The molecule has 0 saturated carbocycles. The van der Waals surface area contributed by atoms with Crippen LogP contribution in [-0.4, -0.2) is 28.0 Å². The zero-order valence-electron chi connectivity index (χ0n) is 10.2. The van der Waals surface area contributed by atoms with Gasteiger partial charge in [-0.15, -0.1) is 11.3 Å². The Bertz CT molecular complexity index is 652. The van der Waals surface area contributed by atoms with Crippen molar-refractivity contribution in [2.24, 2.45) is 0 Å². The lowest BCUT2D eigenvalue weighted by Crippen LogP contribution is -2.14. The average molecular weight is 271 g/mol. The first-order chi connectivity index (χ1) is 9.43. The van der Waals surface area contributed by atoms with Gasteiger partial charge in [0.15, 0.2) is 0 Å². The summed E-state index contributed by atoms with van der Waals surface area (Å²) in [7, 11) is 0. The molecule has 96 valence electrons. The Hall–Kier alpha value is -2.21. The van der Waals surface area contributed by atoms with Crippen LogP contribution in [0.25, 0.3) is 10.2 Å². The maximum absolute atomic E-state index is 4.27. The third-order valence-electron chi connectivity index (χ3n) is 2.69. The molecule has 0 spiro atoms. The van der Waals surface area contributed by atoms with Gasteiger partial charge in [0.2, 0.25) is 0 Å². The number of aromatic nitrogens is 3. The van der Waals surface area contributed by atoms with E-state index in [9.17, 15) is 0 Å². The molecule has 3 rings (SSSR count). The van der Waals surface area contributed by atoms with Gasteiger partial charge in [-0.25, -0.2) is 9.97 Å². The predicted octanol–water partition coefficient (Wildman–Crippen LogP) is 2.61. The molecule has 0 bridgehead atoms. The Balaban J connectivity index is 1.57. The molecule has 0 aliphatic carbocycles. The summed E-state index contributed by atoms with van der Waals surface area (Å²) in [6.45, 7) is 1.62. The Kier molecular flexibility index (Phi) is 3.51. The van der Waals surface area contributed by atoms with Gasteiger partial charge in [-0.1, -0.05) is 0 Å². The number of pyridine rings is 1. The second-order valence-electron chi connectivity index (χ2n) is 3.95. The minimum atomic E-state index is 0.796. The Labute approximate surface area is 114 Å². The van der Waals surface area contributed by atoms with Crippen molar-refractivity contribution in [2.75, 3.05) is 23.7 Å². The SMILES string of the molecule is c1cc(NCCNc2ncnc3sccc23)ccn1. The van der Waals surface area contributed by atoms with Crippen LogP contribution in [0.4, 0.5) is 11.5 Å². The fourth-order valence-electron chi connectivity index (χ4n) is 1.79. The first-order valence-electron chi connectivity index (χ1n) is 5.99. The van der Waals surface area contributed by atoms with Gasteiger partial charge in [0.1, 0.15) is 17.0 Å². The molecule has 0 aromatic carbocycles. The van der Waals surface area contributed by atoms with Crippen LogP contribution in [0.3, 0.4) is 0 Å². The summed E-state index contributed by atoms with van der Waals surface area (Å²) in [6, 6.07) is 5.93. The van der Waals surface area contributed by atoms with Crippen molar-refractivity contribution in [3.05, 3.63) is 42.3 Å². The van der Waals surface area contributed by atoms with E-state index in [2.05, 4.69) is 25.6 Å². The van der Waals surface area contributed by atoms with Crippen LogP contribution >= 0.6 is 11.3 Å². The molecule has 2 N–H and O–H groups in total. The summed E-state index contributed by atoms with van der Waals surface area (Å²) in [5.41, 5.74) is 1.07. The summed E-state index contributed by atoms with van der Waals surface area (Å²) in [4.78, 5) is 13.5. The van der Waals surface area contributed by atoms with E-state index >= 15 is 0 Å². The van der Waals surface area contributed by atoms with Crippen LogP contribution in [-0.2, 0) is 0 Å². The Morgan fingerprint density at radius 3 is 2.74 bits per heavy atom. The van der Waals surface area contributed by atoms with E-state index < -0.39 is 0 Å². The molecular formula is C13H13N5S. The third kappa shape index (κ3) is 2.79. The van der Waals surface area contributed by atoms with Crippen molar-refractivity contribution in [3.63, 3.8) is 0 Å². The molecule has 0 atom stereocenters. The molecule has 0 saturated heterocycles. The number of hydrogen-bond donors (Lipinski definition) is 2. The lowest BCUT2D eigenvalue weighted by molar-refractivity contribution is 1.06. The number of anilines is 2. The van der Waals surface area contributed by atoms with Crippen molar-refractivity contribution < 1.29 is 0 Å². The van der Waals surface area contributed by atoms with Crippen LogP contribution in [0.5, 0.6) is 0 Å². The standard InChI is InChI=1S/C13H13N5S/c1-4-14-5-2-10(1)15-6-7-16-12-11-3-8-19-13(11)18-9-17-12/h1-5,8-9H,6-7H2,(H,14,15)(H,16,17,18). The van der Waals surface area contributed by atoms with Gasteiger partial charge >= 0.3 is 0 Å². The topological polar surface area (TPSA) is 62.7 Å². The zero-order valence-corrected chi connectivity index (χ0v) is 11.0. The fourth-order valence-corrected chi connectivity index (χ4v) is 2.52. The van der Waals surface area contributed by atoms with E-state index in [0.29, 0.717) is 0 Å². The monoisotopic (exact) mass is 271 g/mol. The first kappa shape index (κ1) is 11.9. The van der Waals surface area contributed by atoms with Crippen LogP contribution in [0.2, 0.25) is 0 Å². The van der Waals surface area contributed by atoms with Gasteiger partial charge in [-0.2, -0.15) is 0 Å². The molecule has 3 aromatic heterocycles. The van der Waals surface area contributed by atoms with Crippen LogP contribution < -0.4 is 10.6 Å². The second kappa shape index (κ2) is 5.62. The zero-order chi connectivity index (χ0) is 12.9. The minimum absolute atomic E-state index is 0.796. The molecular weight excluding hydrogens is 258 g/mol. The number of fused-ring (bicyclic) bond motifs is 1. The normalized spacial score (nSPS) is 10.5. The molecule has 0 aliphatic heterocycles. The van der Waals surface area contributed by atoms with E-state index in [1.54, 1.807) is 30.1 Å². The van der Waals surface area contributed by atoms with Crippen molar-refractivity contribution in [2.45, 2.75) is 0 Å². The highest BCUT2D eigenvalue weighted by atomic mass is 32.1. The molecule has 0 fully saturated rings. The highest BCUT2D eigenvalue weighted by Crippen LogP contribution is 2.23. The molecule has 3 aromatic rings. The lowest BCUT2D eigenvalue weighted by Gasteiger charge is -2.08. The summed E-state index contributed by atoms with van der Waals surface area (Å²) in [5.74, 6) is 0.891. The molecule has 3 heterocycles. The maximum atomic E-state index is 4.27. The fraction of sp³-hybridized carbons (Fsp3) is 0.154. The summed E-state index contributed by atoms with van der Waals surface area (Å²) in [6.07, 6.45) is 5.14. The van der Waals surface area contributed by atoms with Gasteiger partial charge in [-0.05, 0) is 23.6 Å². The number of nitrogens with zero attached hydrogens (tertiary/aromatic N) is 3. The summed E-state index contributed by atoms with van der Waals surface area (Å²) >= 11 is 1.62. The maximum Gasteiger partial charge on any atom is 0.138 e. The molecule has 0 aliphatic rings. The molecule has 19 heavy (non-hydrogen) atoms.